The summed E-state index contributed by atoms with van der Waals surface area (Å²) in [6.45, 7) is 0.440. The number of likely N-dealkylation sites (N-methyl/N-ethyl adjacent to an activating group) is 1. The van der Waals surface area contributed by atoms with Gasteiger partial charge < -0.3 is 24.4 Å². The Morgan fingerprint density at radius 3 is 2.27 bits per heavy atom. The van der Waals surface area contributed by atoms with Crippen molar-refractivity contribution in [1.29, 1.82) is 0 Å². The molecule has 26 heavy (non-hydrogen) atoms. The van der Waals surface area contributed by atoms with Crippen molar-refractivity contribution in [3.8, 4) is 17.2 Å². The number of benzene rings is 2. The van der Waals surface area contributed by atoms with E-state index in [9.17, 15) is 4.79 Å². The normalized spacial score (nSPS) is 11.7. The van der Waals surface area contributed by atoms with E-state index in [1.807, 2.05) is 50.5 Å². The lowest BCUT2D eigenvalue weighted by atomic mass is 10.1. The second-order valence-electron chi connectivity index (χ2n) is 6.02. The number of hydrogen-bond donors (Lipinski definition) is 1. The summed E-state index contributed by atoms with van der Waals surface area (Å²) >= 11 is 0. The number of carbonyl (C=O) groups excluding carboxylic acids is 1. The molecule has 6 nitrogen and oxygen atoms in total. The largest absolute Gasteiger partial charge is 0.497 e. The van der Waals surface area contributed by atoms with Crippen LogP contribution in [0.3, 0.4) is 0 Å². The Morgan fingerprint density at radius 2 is 1.65 bits per heavy atom. The maximum Gasteiger partial charge on any atom is 0.258 e. The van der Waals surface area contributed by atoms with Crippen molar-refractivity contribution < 1.29 is 19.0 Å². The van der Waals surface area contributed by atoms with E-state index < -0.39 is 0 Å². The van der Waals surface area contributed by atoms with Crippen LogP contribution in [0.4, 0.5) is 0 Å². The quantitative estimate of drug-likeness (QED) is 0.746. The van der Waals surface area contributed by atoms with E-state index >= 15 is 0 Å². The Labute approximate surface area is 154 Å². The van der Waals surface area contributed by atoms with Crippen molar-refractivity contribution in [3.05, 3.63) is 54.1 Å². The fourth-order valence-electron chi connectivity index (χ4n) is 2.53. The molecule has 1 unspecified atom stereocenters. The smallest absolute Gasteiger partial charge is 0.258 e. The summed E-state index contributed by atoms with van der Waals surface area (Å²) in [6, 6.07) is 15.1. The molecule has 0 fully saturated rings. The average molecular weight is 358 g/mol. The number of amides is 1. The van der Waals surface area contributed by atoms with Crippen molar-refractivity contribution in [2.24, 2.45) is 0 Å². The lowest BCUT2D eigenvalue weighted by molar-refractivity contribution is -0.123. The summed E-state index contributed by atoms with van der Waals surface area (Å²) in [4.78, 5) is 14.2. The monoisotopic (exact) mass is 358 g/mol. The summed E-state index contributed by atoms with van der Waals surface area (Å²) < 4.78 is 15.8. The van der Waals surface area contributed by atoms with Crippen LogP contribution in [0.25, 0.3) is 0 Å². The van der Waals surface area contributed by atoms with Gasteiger partial charge in [-0.3, -0.25) is 4.79 Å². The number of hydrogen-bond acceptors (Lipinski definition) is 5. The van der Waals surface area contributed by atoms with Crippen LogP contribution in [0.1, 0.15) is 11.6 Å². The molecule has 2 aromatic rings. The Hall–Kier alpha value is -2.73. The highest BCUT2D eigenvalue weighted by Gasteiger charge is 2.15. The van der Waals surface area contributed by atoms with Gasteiger partial charge in [0.15, 0.2) is 6.61 Å². The molecule has 0 aliphatic carbocycles. The molecule has 0 aliphatic rings. The lowest BCUT2D eigenvalue weighted by Gasteiger charge is -2.25. The number of rotatable bonds is 9. The zero-order valence-corrected chi connectivity index (χ0v) is 15.7. The van der Waals surface area contributed by atoms with Crippen molar-refractivity contribution in [2.75, 3.05) is 41.5 Å². The molecular weight excluding hydrogens is 332 g/mol. The zero-order chi connectivity index (χ0) is 18.9. The molecule has 0 aromatic heterocycles. The van der Waals surface area contributed by atoms with Crippen LogP contribution in [-0.2, 0) is 4.79 Å². The molecule has 0 bridgehead atoms. The highest BCUT2D eigenvalue weighted by molar-refractivity contribution is 5.77. The van der Waals surface area contributed by atoms with Crippen molar-refractivity contribution >= 4 is 5.91 Å². The van der Waals surface area contributed by atoms with E-state index in [2.05, 4.69) is 10.2 Å². The molecule has 2 aromatic carbocycles. The topological polar surface area (TPSA) is 60.0 Å². The molecule has 1 N–H and O–H groups in total. The van der Waals surface area contributed by atoms with Gasteiger partial charge in [0.05, 0.1) is 20.3 Å². The van der Waals surface area contributed by atoms with Crippen molar-refractivity contribution in [2.45, 2.75) is 6.04 Å². The molecule has 140 valence electrons. The summed E-state index contributed by atoms with van der Waals surface area (Å²) in [5.41, 5.74) is 1.10. The minimum absolute atomic E-state index is 0.0457. The summed E-state index contributed by atoms with van der Waals surface area (Å²) in [5, 5.41) is 2.92. The molecular formula is C20H26N2O4. The standard InChI is InChI=1S/C20H26N2O4/c1-22(2)19(15-8-10-16(24-3)11-9-15)13-21-20(23)14-26-18-7-5-6-17(12-18)25-4/h5-12,19H,13-14H2,1-4H3,(H,21,23). The van der Waals surface area contributed by atoms with Gasteiger partial charge in [-0.1, -0.05) is 18.2 Å². The van der Waals surface area contributed by atoms with E-state index in [1.54, 1.807) is 26.4 Å². The van der Waals surface area contributed by atoms with Gasteiger partial charge in [-0.05, 0) is 43.9 Å². The molecule has 0 saturated heterocycles. The first kappa shape index (κ1) is 19.6. The Bertz CT molecular complexity index is 701. The Morgan fingerprint density at radius 1 is 1.00 bits per heavy atom. The number of methoxy groups -OCH3 is 2. The van der Waals surface area contributed by atoms with Crippen LogP contribution in [0.15, 0.2) is 48.5 Å². The van der Waals surface area contributed by atoms with Gasteiger partial charge in [0.1, 0.15) is 17.2 Å². The van der Waals surface area contributed by atoms with E-state index in [0.717, 1.165) is 11.3 Å². The van der Waals surface area contributed by atoms with Gasteiger partial charge in [-0.15, -0.1) is 0 Å². The molecule has 1 atom stereocenters. The minimum Gasteiger partial charge on any atom is -0.497 e. The van der Waals surface area contributed by atoms with Crippen LogP contribution < -0.4 is 19.5 Å². The average Bonchev–Trinajstić information content (AvgIpc) is 2.67. The Balaban J connectivity index is 1.88. The first-order valence-corrected chi connectivity index (χ1v) is 8.37. The number of nitrogens with zero attached hydrogens (tertiary/aromatic N) is 1. The van der Waals surface area contributed by atoms with Crippen LogP contribution >= 0.6 is 0 Å². The van der Waals surface area contributed by atoms with Gasteiger partial charge in [0.25, 0.3) is 5.91 Å². The van der Waals surface area contributed by atoms with Gasteiger partial charge in [-0.25, -0.2) is 0 Å². The lowest BCUT2D eigenvalue weighted by Crippen LogP contribution is -2.36. The van der Waals surface area contributed by atoms with Crippen LogP contribution in [0.5, 0.6) is 17.2 Å². The number of nitrogens with one attached hydrogen (secondary N) is 1. The summed E-state index contributed by atoms with van der Waals surface area (Å²) in [5.74, 6) is 1.92. The van der Waals surface area contributed by atoms with Crippen LogP contribution in [0, 0.1) is 0 Å². The SMILES string of the molecule is COc1ccc(C(CNC(=O)COc2cccc(OC)c2)N(C)C)cc1. The second kappa shape index (κ2) is 9.68. The first-order chi connectivity index (χ1) is 12.5. The van der Waals surface area contributed by atoms with Crippen LogP contribution in [0.2, 0.25) is 0 Å². The second-order valence-corrected chi connectivity index (χ2v) is 6.02. The molecule has 0 spiro atoms. The zero-order valence-electron chi connectivity index (χ0n) is 15.7. The number of carbonyl (C=O) groups is 1. The fraction of sp³-hybridized carbons (Fsp3) is 0.350. The summed E-state index contributed by atoms with van der Waals surface area (Å²) in [7, 11) is 7.19. The number of ether oxygens (including phenoxy) is 3. The van der Waals surface area contributed by atoms with Gasteiger partial charge >= 0.3 is 0 Å². The molecule has 0 radical (unpaired) electrons. The van der Waals surface area contributed by atoms with Gasteiger partial charge in [0.2, 0.25) is 0 Å². The Kier molecular flexibility index (Phi) is 7.29. The summed E-state index contributed by atoms with van der Waals surface area (Å²) in [6.07, 6.45) is 0. The van der Waals surface area contributed by atoms with Crippen molar-refractivity contribution in [3.63, 3.8) is 0 Å². The molecule has 0 saturated carbocycles. The van der Waals surface area contributed by atoms with E-state index in [4.69, 9.17) is 14.2 Å². The van der Waals surface area contributed by atoms with E-state index in [0.29, 0.717) is 18.0 Å². The third-order valence-electron chi connectivity index (χ3n) is 4.03. The predicted octanol–water partition coefficient (Wildman–Crippen LogP) is 2.50. The maximum absolute atomic E-state index is 12.1. The third-order valence-corrected chi connectivity index (χ3v) is 4.03. The fourth-order valence-corrected chi connectivity index (χ4v) is 2.53. The maximum atomic E-state index is 12.1. The van der Waals surface area contributed by atoms with E-state index in [-0.39, 0.29) is 18.6 Å². The van der Waals surface area contributed by atoms with Crippen molar-refractivity contribution in [1.82, 2.24) is 10.2 Å². The molecule has 0 heterocycles. The third kappa shape index (κ3) is 5.67. The molecule has 1 amide bonds. The van der Waals surface area contributed by atoms with Crippen LogP contribution in [-0.4, -0.2) is 52.3 Å². The molecule has 2 rings (SSSR count). The predicted molar refractivity (Wildman–Crippen MR) is 101 cm³/mol. The van der Waals surface area contributed by atoms with Gasteiger partial charge in [-0.2, -0.15) is 0 Å². The molecule has 6 heteroatoms. The van der Waals surface area contributed by atoms with E-state index in [1.165, 1.54) is 0 Å². The highest BCUT2D eigenvalue weighted by Crippen LogP contribution is 2.21. The van der Waals surface area contributed by atoms with Gasteiger partial charge in [0, 0.05) is 12.6 Å². The highest BCUT2D eigenvalue weighted by atomic mass is 16.5. The molecule has 0 aliphatic heterocycles. The minimum atomic E-state index is -0.173. The first-order valence-electron chi connectivity index (χ1n) is 8.37.